The monoisotopic (exact) mass is 345 g/mol. The van der Waals surface area contributed by atoms with E-state index < -0.39 is 5.97 Å². The van der Waals surface area contributed by atoms with Crippen molar-refractivity contribution in [2.24, 2.45) is 5.41 Å². The Morgan fingerprint density at radius 2 is 2.08 bits per heavy atom. The Morgan fingerprint density at radius 3 is 2.72 bits per heavy atom. The second-order valence-corrected chi connectivity index (χ2v) is 7.61. The maximum absolute atomic E-state index is 11.3. The van der Waals surface area contributed by atoms with Gasteiger partial charge in [-0.15, -0.1) is 0 Å². The summed E-state index contributed by atoms with van der Waals surface area (Å²) in [7, 11) is 0. The number of ether oxygens (including phenoxy) is 1. The van der Waals surface area contributed by atoms with E-state index in [1.165, 1.54) is 25.7 Å². The van der Waals surface area contributed by atoms with Gasteiger partial charge in [0.2, 0.25) is 0 Å². The van der Waals surface area contributed by atoms with Gasteiger partial charge in [-0.05, 0) is 56.8 Å². The minimum atomic E-state index is -0.851. The molecule has 1 aromatic carbocycles. The second-order valence-electron chi connectivity index (χ2n) is 7.61. The molecule has 2 unspecified atom stereocenters. The maximum Gasteiger partial charge on any atom is 0.335 e. The molecule has 0 aliphatic heterocycles. The molecule has 25 heavy (non-hydrogen) atoms. The number of aromatic carboxylic acids is 1. The van der Waals surface area contributed by atoms with Gasteiger partial charge in [-0.25, -0.2) is 4.79 Å². The van der Waals surface area contributed by atoms with Crippen LogP contribution in [0.5, 0.6) is 0 Å². The van der Waals surface area contributed by atoms with Crippen molar-refractivity contribution >= 4 is 5.97 Å². The summed E-state index contributed by atoms with van der Waals surface area (Å²) >= 11 is 0. The fourth-order valence-corrected chi connectivity index (χ4v) is 5.03. The van der Waals surface area contributed by atoms with Gasteiger partial charge in [-0.1, -0.05) is 31.9 Å². The molecule has 4 nitrogen and oxygen atoms in total. The van der Waals surface area contributed by atoms with Crippen LogP contribution in [0.2, 0.25) is 0 Å². The van der Waals surface area contributed by atoms with Gasteiger partial charge in [-0.2, -0.15) is 0 Å². The van der Waals surface area contributed by atoms with Crippen molar-refractivity contribution in [3.8, 4) is 0 Å². The summed E-state index contributed by atoms with van der Waals surface area (Å²) in [6.07, 6.45) is 7.82. The van der Waals surface area contributed by atoms with E-state index in [2.05, 4.69) is 24.8 Å². The number of benzene rings is 1. The predicted octanol–water partition coefficient (Wildman–Crippen LogP) is 4.33. The molecule has 0 aromatic heterocycles. The van der Waals surface area contributed by atoms with Crippen molar-refractivity contribution in [2.45, 2.75) is 71.1 Å². The predicted molar refractivity (Wildman–Crippen MR) is 98.8 cm³/mol. The van der Waals surface area contributed by atoms with Gasteiger partial charge in [0, 0.05) is 24.6 Å². The lowest BCUT2D eigenvalue weighted by Gasteiger charge is -2.58. The average Bonchev–Trinajstić information content (AvgIpc) is 3.11. The van der Waals surface area contributed by atoms with Crippen molar-refractivity contribution in [2.75, 3.05) is 13.2 Å². The highest BCUT2D eigenvalue weighted by molar-refractivity contribution is 5.87. The molecule has 0 amide bonds. The standard InChI is InChI=1S/C21H31NO3/c1-3-12-22(15-16-8-7-9-17(13-16)20(23)24)18-14-19(25-4-2)21(18)10-5-6-11-21/h7-9,13,18-19H,3-6,10-12,14-15H2,1-2H3,(H,23,24). The summed E-state index contributed by atoms with van der Waals surface area (Å²) in [5.74, 6) is -0.851. The third kappa shape index (κ3) is 3.61. The summed E-state index contributed by atoms with van der Waals surface area (Å²) in [5, 5.41) is 9.24. The first-order valence-corrected chi connectivity index (χ1v) is 9.78. The number of rotatable bonds is 8. The number of carbonyl (C=O) groups is 1. The van der Waals surface area contributed by atoms with Gasteiger partial charge in [-0.3, -0.25) is 4.90 Å². The molecule has 2 fully saturated rings. The lowest BCUT2D eigenvalue weighted by atomic mass is 9.59. The van der Waals surface area contributed by atoms with Crippen LogP contribution >= 0.6 is 0 Å². The Morgan fingerprint density at radius 1 is 1.32 bits per heavy atom. The van der Waals surface area contributed by atoms with Gasteiger partial charge in [0.15, 0.2) is 0 Å². The van der Waals surface area contributed by atoms with Crippen LogP contribution < -0.4 is 0 Å². The van der Waals surface area contributed by atoms with Crippen LogP contribution in [0, 0.1) is 5.41 Å². The Bertz CT molecular complexity index is 595. The minimum absolute atomic E-state index is 0.329. The fourth-order valence-electron chi connectivity index (χ4n) is 5.03. The minimum Gasteiger partial charge on any atom is -0.478 e. The lowest BCUT2D eigenvalue weighted by molar-refractivity contribution is -0.167. The first-order valence-electron chi connectivity index (χ1n) is 9.78. The highest BCUT2D eigenvalue weighted by atomic mass is 16.5. The van der Waals surface area contributed by atoms with Gasteiger partial charge in [0.1, 0.15) is 0 Å². The summed E-state index contributed by atoms with van der Waals surface area (Å²) in [4.78, 5) is 13.8. The van der Waals surface area contributed by atoms with Gasteiger partial charge in [0.25, 0.3) is 0 Å². The van der Waals surface area contributed by atoms with Crippen LogP contribution in [0.15, 0.2) is 24.3 Å². The average molecular weight is 345 g/mol. The number of hydrogen-bond acceptors (Lipinski definition) is 3. The van der Waals surface area contributed by atoms with Crippen LogP contribution in [0.3, 0.4) is 0 Å². The summed E-state index contributed by atoms with van der Waals surface area (Å²) in [5.41, 5.74) is 1.81. The maximum atomic E-state index is 11.3. The largest absolute Gasteiger partial charge is 0.478 e. The number of nitrogens with zero attached hydrogens (tertiary/aromatic N) is 1. The highest BCUT2D eigenvalue weighted by Crippen LogP contribution is 2.56. The molecule has 2 atom stereocenters. The second kappa shape index (κ2) is 7.88. The Hall–Kier alpha value is -1.39. The van der Waals surface area contributed by atoms with E-state index in [0.29, 0.717) is 23.1 Å². The molecule has 0 saturated heterocycles. The van der Waals surface area contributed by atoms with E-state index in [1.54, 1.807) is 6.07 Å². The number of carboxylic acid groups (broad SMARTS) is 1. The first kappa shape index (κ1) is 18.4. The molecule has 0 bridgehead atoms. The van der Waals surface area contributed by atoms with Crippen molar-refractivity contribution in [1.29, 1.82) is 0 Å². The van der Waals surface area contributed by atoms with Crippen molar-refractivity contribution in [3.63, 3.8) is 0 Å². The van der Waals surface area contributed by atoms with Crippen LogP contribution in [0.25, 0.3) is 0 Å². The van der Waals surface area contributed by atoms with Gasteiger partial charge < -0.3 is 9.84 Å². The van der Waals surface area contributed by atoms with E-state index in [1.807, 2.05) is 12.1 Å². The Labute approximate surface area is 151 Å². The quantitative estimate of drug-likeness (QED) is 0.762. The van der Waals surface area contributed by atoms with E-state index >= 15 is 0 Å². The lowest BCUT2D eigenvalue weighted by Crippen LogP contribution is -2.63. The SMILES string of the molecule is CCCN(Cc1cccc(C(=O)O)c1)C1CC(OCC)C12CCCC2. The van der Waals surface area contributed by atoms with Crippen molar-refractivity contribution in [1.82, 2.24) is 4.90 Å². The smallest absolute Gasteiger partial charge is 0.335 e. The third-order valence-electron chi connectivity index (χ3n) is 6.16. The number of carboxylic acids is 1. The van der Waals surface area contributed by atoms with Crippen LogP contribution in [0.4, 0.5) is 0 Å². The molecule has 1 aromatic rings. The zero-order valence-electron chi connectivity index (χ0n) is 15.5. The topological polar surface area (TPSA) is 49.8 Å². The molecule has 0 radical (unpaired) electrons. The summed E-state index contributed by atoms with van der Waals surface area (Å²) in [6.45, 7) is 7.01. The Kier molecular flexibility index (Phi) is 5.80. The van der Waals surface area contributed by atoms with Crippen LogP contribution in [0.1, 0.15) is 68.3 Å². The van der Waals surface area contributed by atoms with Crippen molar-refractivity contribution in [3.05, 3.63) is 35.4 Å². The molecule has 3 rings (SSSR count). The van der Waals surface area contributed by atoms with Gasteiger partial charge in [0.05, 0.1) is 11.7 Å². The molecule has 1 N–H and O–H groups in total. The molecule has 138 valence electrons. The fraction of sp³-hybridized carbons (Fsp3) is 0.667. The summed E-state index contributed by atoms with van der Waals surface area (Å²) < 4.78 is 6.07. The molecular formula is C21H31NO3. The van der Waals surface area contributed by atoms with E-state index in [-0.39, 0.29) is 0 Å². The first-order chi connectivity index (χ1) is 12.1. The molecule has 0 heterocycles. The zero-order chi connectivity index (χ0) is 17.9. The Balaban J connectivity index is 1.77. The third-order valence-corrected chi connectivity index (χ3v) is 6.16. The summed E-state index contributed by atoms with van der Waals surface area (Å²) in [6, 6.07) is 7.97. The van der Waals surface area contributed by atoms with Crippen LogP contribution in [-0.4, -0.2) is 41.3 Å². The van der Waals surface area contributed by atoms with Gasteiger partial charge >= 0.3 is 5.97 Å². The zero-order valence-corrected chi connectivity index (χ0v) is 15.5. The number of hydrogen-bond donors (Lipinski definition) is 1. The van der Waals surface area contributed by atoms with E-state index in [0.717, 1.165) is 38.1 Å². The molecule has 2 saturated carbocycles. The molecule has 4 heteroatoms. The van der Waals surface area contributed by atoms with Crippen LogP contribution in [-0.2, 0) is 11.3 Å². The highest BCUT2D eigenvalue weighted by Gasteiger charge is 2.58. The van der Waals surface area contributed by atoms with E-state index in [9.17, 15) is 9.90 Å². The molecule has 2 aliphatic rings. The van der Waals surface area contributed by atoms with Crippen molar-refractivity contribution < 1.29 is 14.6 Å². The molecule has 2 aliphatic carbocycles. The normalized spacial score (nSPS) is 24.6. The molecule has 1 spiro atoms. The molecular weight excluding hydrogens is 314 g/mol. The van der Waals surface area contributed by atoms with E-state index in [4.69, 9.17) is 4.74 Å².